The zero-order valence-electron chi connectivity index (χ0n) is 37.9. The number of aliphatic hydroxyl groups excluding tert-OH is 1. The van der Waals surface area contributed by atoms with E-state index in [1.54, 1.807) is 12.2 Å². The highest BCUT2D eigenvalue weighted by Gasteiger charge is 2.45. The van der Waals surface area contributed by atoms with E-state index in [4.69, 9.17) is 18.6 Å². The molecule has 0 saturated carbocycles. The van der Waals surface area contributed by atoms with E-state index < -0.39 is 32.2 Å². The van der Waals surface area contributed by atoms with Gasteiger partial charge < -0.3 is 34.4 Å². The van der Waals surface area contributed by atoms with Crippen molar-refractivity contribution in [2.24, 2.45) is 23.7 Å². The van der Waals surface area contributed by atoms with Gasteiger partial charge in [0.2, 0.25) is 11.8 Å². The summed E-state index contributed by atoms with van der Waals surface area (Å²) in [7, 11) is -2.28. The predicted molar refractivity (Wildman–Crippen MR) is 231 cm³/mol. The monoisotopic (exact) mass is 819 g/mol. The Bertz CT molecular complexity index is 1340. The van der Waals surface area contributed by atoms with Crippen molar-refractivity contribution < 1.29 is 38.1 Å². The molecule has 0 radical (unpaired) electrons. The normalized spacial score (nSPS) is 29.8. The van der Waals surface area contributed by atoms with Gasteiger partial charge in [0.25, 0.3) is 0 Å². The SMILES string of the molecule is C/C=C/C(=O)C[C@H]1CC[C@H](C)[C@@H](CC(=O)NC[C@H](O[Si](C)(C)C(C)(C)C)[C@@H](C)C(=O)NCCC[C@H]2O[C@@]3(CCC[C@@H](CC[C@H](C)/C=C(\C)[C@H](C)O)O3)CC[C@@H]2C)O1. The van der Waals surface area contributed by atoms with Crippen LogP contribution in [0.4, 0.5) is 0 Å². The highest BCUT2D eigenvalue weighted by atomic mass is 28.4. The lowest BCUT2D eigenvalue weighted by Crippen LogP contribution is -2.52. The summed E-state index contributed by atoms with van der Waals surface area (Å²) >= 11 is 0. The van der Waals surface area contributed by atoms with Crippen molar-refractivity contribution >= 4 is 25.9 Å². The largest absolute Gasteiger partial charge is 0.411 e. The first-order chi connectivity index (χ1) is 26.6. The van der Waals surface area contributed by atoms with Crippen LogP contribution in [0.15, 0.2) is 23.8 Å². The number of aliphatic hydroxyl groups is 1. The van der Waals surface area contributed by atoms with Gasteiger partial charge in [-0.3, -0.25) is 14.4 Å². The summed E-state index contributed by atoms with van der Waals surface area (Å²) in [5, 5.41) is 16.1. The van der Waals surface area contributed by atoms with Crippen molar-refractivity contribution in [3.8, 4) is 0 Å². The lowest BCUT2D eigenvalue weighted by Gasteiger charge is -2.48. The Morgan fingerprint density at radius 3 is 2.30 bits per heavy atom. The Hall–Kier alpha value is -1.89. The van der Waals surface area contributed by atoms with Crippen LogP contribution in [0.1, 0.15) is 153 Å². The van der Waals surface area contributed by atoms with E-state index in [0.717, 1.165) is 76.2 Å². The molecule has 3 aliphatic heterocycles. The molecule has 2 amide bonds. The van der Waals surface area contributed by atoms with E-state index in [0.29, 0.717) is 24.8 Å². The van der Waals surface area contributed by atoms with Crippen molar-refractivity contribution in [1.29, 1.82) is 0 Å². The van der Waals surface area contributed by atoms with Crippen molar-refractivity contribution in [3.05, 3.63) is 23.8 Å². The molecule has 1 spiro atoms. The number of nitrogens with one attached hydrogen (secondary N) is 2. The fourth-order valence-corrected chi connectivity index (χ4v) is 9.59. The van der Waals surface area contributed by atoms with Crippen LogP contribution < -0.4 is 10.6 Å². The number of rotatable bonds is 20. The van der Waals surface area contributed by atoms with Crippen molar-refractivity contribution in [2.45, 2.75) is 213 Å². The zero-order valence-corrected chi connectivity index (χ0v) is 38.9. The molecule has 11 atom stereocenters. The molecule has 3 rings (SSSR count). The van der Waals surface area contributed by atoms with Crippen LogP contribution in [-0.2, 0) is 33.0 Å². The fraction of sp³-hybridized carbons (Fsp3) is 0.848. The lowest BCUT2D eigenvalue weighted by molar-refractivity contribution is -0.324. The minimum Gasteiger partial charge on any atom is -0.411 e. The van der Waals surface area contributed by atoms with Gasteiger partial charge in [0.15, 0.2) is 19.9 Å². The quantitative estimate of drug-likeness (QED) is 0.0481. The summed E-state index contributed by atoms with van der Waals surface area (Å²) in [5.74, 6) is -0.138. The third-order valence-electron chi connectivity index (χ3n) is 13.4. The third kappa shape index (κ3) is 15.9. The zero-order chi connectivity index (χ0) is 42.6. The van der Waals surface area contributed by atoms with Crippen molar-refractivity contribution in [1.82, 2.24) is 10.6 Å². The van der Waals surface area contributed by atoms with Crippen LogP contribution in [-0.4, -0.2) is 86.5 Å². The van der Waals surface area contributed by atoms with Gasteiger partial charge in [0.1, 0.15) is 0 Å². The average molecular weight is 819 g/mol. The Kier molecular flexibility index (Phi) is 19.6. The van der Waals surface area contributed by atoms with Crippen molar-refractivity contribution in [3.63, 3.8) is 0 Å². The molecular formula is C46H82N2O8Si. The topological polar surface area (TPSA) is 132 Å². The minimum atomic E-state index is -2.28. The number of amides is 2. The number of hydrogen-bond acceptors (Lipinski definition) is 8. The van der Waals surface area contributed by atoms with Gasteiger partial charge in [-0.15, -0.1) is 0 Å². The molecular weight excluding hydrogens is 737 g/mol. The number of allylic oxidation sites excluding steroid dienone is 3. The maximum Gasteiger partial charge on any atom is 0.225 e. The minimum absolute atomic E-state index is 0.0432. The van der Waals surface area contributed by atoms with E-state index in [1.807, 2.05) is 27.7 Å². The number of carbonyl (C=O) groups is 3. The third-order valence-corrected chi connectivity index (χ3v) is 17.9. The number of carbonyl (C=O) groups excluding carboxylic acids is 3. The first kappa shape index (κ1) is 49.5. The van der Waals surface area contributed by atoms with Gasteiger partial charge >= 0.3 is 0 Å². The number of ether oxygens (including phenoxy) is 3. The Balaban J connectivity index is 1.53. The Morgan fingerprint density at radius 2 is 1.63 bits per heavy atom. The highest BCUT2D eigenvalue weighted by molar-refractivity contribution is 6.74. The Morgan fingerprint density at radius 1 is 0.930 bits per heavy atom. The molecule has 0 aromatic carbocycles. The molecule has 3 aliphatic rings. The molecule has 11 heteroatoms. The first-order valence-corrected chi connectivity index (χ1v) is 25.3. The molecule has 0 bridgehead atoms. The van der Waals surface area contributed by atoms with E-state index in [-0.39, 0.29) is 65.9 Å². The van der Waals surface area contributed by atoms with Crippen LogP contribution in [0.2, 0.25) is 18.1 Å². The molecule has 0 unspecified atom stereocenters. The van der Waals surface area contributed by atoms with Crippen LogP contribution in [0.3, 0.4) is 0 Å². The summed E-state index contributed by atoms with van der Waals surface area (Å²) in [6.07, 6.45) is 15.4. The van der Waals surface area contributed by atoms with Gasteiger partial charge in [-0.25, -0.2) is 0 Å². The molecule has 3 N–H and O–H groups in total. The van der Waals surface area contributed by atoms with Crippen molar-refractivity contribution in [2.75, 3.05) is 13.1 Å². The summed E-state index contributed by atoms with van der Waals surface area (Å²) in [4.78, 5) is 39.2. The fourth-order valence-electron chi connectivity index (χ4n) is 8.19. The molecule has 3 saturated heterocycles. The van der Waals surface area contributed by atoms with Gasteiger partial charge in [0, 0.05) is 32.4 Å². The molecule has 57 heavy (non-hydrogen) atoms. The Labute approximate surface area is 347 Å². The average Bonchev–Trinajstić information content (AvgIpc) is 3.13. The molecule has 10 nitrogen and oxygen atoms in total. The van der Waals surface area contributed by atoms with Gasteiger partial charge in [0.05, 0.1) is 49.0 Å². The van der Waals surface area contributed by atoms with Gasteiger partial charge in [-0.1, -0.05) is 60.6 Å². The van der Waals surface area contributed by atoms with Crippen LogP contribution in [0, 0.1) is 23.7 Å². The maximum atomic E-state index is 13.7. The summed E-state index contributed by atoms with van der Waals surface area (Å²) in [6, 6.07) is 0. The maximum absolute atomic E-state index is 13.7. The van der Waals surface area contributed by atoms with E-state index in [9.17, 15) is 19.5 Å². The molecule has 0 aromatic heterocycles. The summed E-state index contributed by atoms with van der Waals surface area (Å²) in [5.41, 5.74) is 1.02. The summed E-state index contributed by atoms with van der Waals surface area (Å²) < 4.78 is 26.6. The molecule has 0 aromatic rings. The number of hydrogen-bond donors (Lipinski definition) is 3. The van der Waals surface area contributed by atoms with Crippen LogP contribution in [0.25, 0.3) is 0 Å². The summed E-state index contributed by atoms with van der Waals surface area (Å²) in [6.45, 7) is 25.8. The molecule has 328 valence electrons. The standard InChI is InChI=1S/C46H82N2O8Si/c1-13-16-37(50)28-39-22-20-32(3)41(53-39)29-43(51)48-30-42(56-57(11,12)45(8,9)10)35(6)44(52)47-26-15-18-40-33(4)23-25-46(55-40)24-14-17-38(54-46)21-19-31(2)27-34(5)36(7)49/h13,16,27,31-33,35-36,38-42,49H,14-15,17-26,28-30H2,1-12H3,(H,47,52)(H,48,51)/b16-13+,34-27+/t31-,32-,33-,35+,36-,38-,39+,40+,41+,42-,46-/m0/s1. The van der Waals surface area contributed by atoms with Crippen LogP contribution in [0.5, 0.6) is 0 Å². The van der Waals surface area contributed by atoms with Gasteiger partial charge in [-0.05, 0) is 126 Å². The van der Waals surface area contributed by atoms with E-state index in [1.165, 1.54) is 0 Å². The van der Waals surface area contributed by atoms with E-state index >= 15 is 0 Å². The lowest BCUT2D eigenvalue weighted by atomic mass is 9.85. The second kappa shape index (κ2) is 22.6. The molecule has 3 fully saturated rings. The highest BCUT2D eigenvalue weighted by Crippen LogP contribution is 2.43. The second-order valence-electron chi connectivity index (χ2n) is 19.5. The smallest absolute Gasteiger partial charge is 0.225 e. The van der Waals surface area contributed by atoms with Gasteiger partial charge in [-0.2, -0.15) is 0 Å². The van der Waals surface area contributed by atoms with E-state index in [2.05, 4.69) is 71.3 Å². The predicted octanol–water partition coefficient (Wildman–Crippen LogP) is 8.96. The molecule has 3 heterocycles. The van der Waals surface area contributed by atoms with Crippen LogP contribution >= 0.6 is 0 Å². The molecule has 0 aliphatic carbocycles. The number of ketones is 1. The first-order valence-electron chi connectivity index (χ1n) is 22.4. The second-order valence-corrected chi connectivity index (χ2v) is 24.3.